The Bertz CT molecular complexity index is 1480. The number of allylic oxidation sites excluding steroid dienone is 1. The second-order valence-corrected chi connectivity index (χ2v) is 9.26. The lowest BCUT2D eigenvalue weighted by Crippen LogP contribution is -2.25. The summed E-state index contributed by atoms with van der Waals surface area (Å²) in [6.07, 6.45) is 4.06. The van der Waals surface area contributed by atoms with Gasteiger partial charge in [0.25, 0.3) is 0 Å². The van der Waals surface area contributed by atoms with E-state index in [0.29, 0.717) is 30.0 Å². The van der Waals surface area contributed by atoms with Crippen LogP contribution in [0.3, 0.4) is 0 Å². The third-order valence-corrected chi connectivity index (χ3v) is 6.98. The van der Waals surface area contributed by atoms with Crippen LogP contribution in [0.4, 0.5) is 11.6 Å². The standard InChI is InChI=1S/C32H29NO4/c1-3-22-19-26(17-18-28(22)32(35)36)33-20-25(29(34)23-11-6-4-7-12-23)15-10-16-27-21(2)30(37-31(27)33)24-13-8-5-9-14-24/h4-9,11-15,17-19H,3,10,16,20H2,1-2H3,(H,35,36). The highest BCUT2D eigenvalue weighted by molar-refractivity contribution is 6.09. The first kappa shape index (κ1) is 24.3. The number of rotatable bonds is 6. The van der Waals surface area contributed by atoms with Gasteiger partial charge in [-0.25, -0.2) is 4.79 Å². The van der Waals surface area contributed by atoms with E-state index in [4.69, 9.17) is 4.42 Å². The van der Waals surface area contributed by atoms with E-state index in [-0.39, 0.29) is 11.3 Å². The number of carbonyl (C=O) groups excluding carboxylic acids is 1. The molecule has 5 nitrogen and oxygen atoms in total. The lowest BCUT2D eigenvalue weighted by molar-refractivity contribution is 0.0695. The van der Waals surface area contributed by atoms with Gasteiger partial charge in [0.2, 0.25) is 5.88 Å². The molecule has 3 aromatic carbocycles. The highest BCUT2D eigenvalue weighted by atomic mass is 16.4. The minimum absolute atomic E-state index is 0.0153. The van der Waals surface area contributed by atoms with Gasteiger partial charge in [0, 0.05) is 33.5 Å². The normalized spacial score (nSPS) is 13.4. The summed E-state index contributed by atoms with van der Waals surface area (Å²) in [6, 6.07) is 24.7. The van der Waals surface area contributed by atoms with Crippen molar-refractivity contribution >= 4 is 23.3 Å². The third kappa shape index (κ3) is 4.73. The summed E-state index contributed by atoms with van der Waals surface area (Å²) in [7, 11) is 0. The number of nitrogens with zero attached hydrogens (tertiary/aromatic N) is 1. The monoisotopic (exact) mass is 491 g/mol. The van der Waals surface area contributed by atoms with Crippen LogP contribution in [-0.2, 0) is 12.8 Å². The summed E-state index contributed by atoms with van der Waals surface area (Å²) >= 11 is 0. The van der Waals surface area contributed by atoms with Crippen molar-refractivity contribution in [2.75, 3.05) is 11.4 Å². The number of aryl methyl sites for hydroxylation is 1. The Morgan fingerprint density at radius 1 is 0.973 bits per heavy atom. The quantitative estimate of drug-likeness (QED) is 0.284. The third-order valence-electron chi connectivity index (χ3n) is 6.98. The van der Waals surface area contributed by atoms with E-state index in [9.17, 15) is 14.7 Å². The molecule has 0 unspecified atom stereocenters. The molecule has 0 atom stereocenters. The van der Waals surface area contributed by atoms with Crippen molar-refractivity contribution in [2.24, 2.45) is 0 Å². The van der Waals surface area contributed by atoms with E-state index < -0.39 is 5.97 Å². The molecule has 0 radical (unpaired) electrons. The molecule has 0 aliphatic carbocycles. The van der Waals surface area contributed by atoms with Crippen molar-refractivity contribution in [3.05, 3.63) is 118 Å². The highest BCUT2D eigenvalue weighted by Crippen LogP contribution is 2.41. The molecule has 0 fully saturated rings. The largest absolute Gasteiger partial charge is 0.478 e. The zero-order chi connectivity index (χ0) is 25.9. The van der Waals surface area contributed by atoms with Crippen molar-refractivity contribution < 1.29 is 19.1 Å². The minimum Gasteiger partial charge on any atom is -0.478 e. The Morgan fingerprint density at radius 2 is 1.68 bits per heavy atom. The number of carbonyl (C=O) groups is 2. The van der Waals surface area contributed by atoms with Gasteiger partial charge in [0.15, 0.2) is 5.78 Å². The van der Waals surface area contributed by atoms with E-state index in [1.54, 1.807) is 12.1 Å². The molecular weight excluding hydrogens is 462 g/mol. The summed E-state index contributed by atoms with van der Waals surface area (Å²) in [4.78, 5) is 27.3. The number of benzene rings is 3. The van der Waals surface area contributed by atoms with Crippen LogP contribution in [0.2, 0.25) is 0 Å². The smallest absolute Gasteiger partial charge is 0.335 e. The van der Waals surface area contributed by atoms with Crippen LogP contribution in [-0.4, -0.2) is 23.4 Å². The van der Waals surface area contributed by atoms with Gasteiger partial charge >= 0.3 is 5.97 Å². The van der Waals surface area contributed by atoms with Crippen LogP contribution >= 0.6 is 0 Å². The number of Topliss-reactive ketones (excluding diaryl/α,β-unsaturated/α-hetero) is 1. The van der Waals surface area contributed by atoms with Gasteiger partial charge in [-0.2, -0.15) is 0 Å². The molecule has 1 aliphatic rings. The molecule has 0 saturated carbocycles. The molecule has 37 heavy (non-hydrogen) atoms. The Kier molecular flexibility index (Phi) is 6.78. The first-order valence-electron chi connectivity index (χ1n) is 12.6. The molecular formula is C32H29NO4. The van der Waals surface area contributed by atoms with E-state index in [1.165, 1.54) is 0 Å². The van der Waals surface area contributed by atoms with Gasteiger partial charge in [-0.05, 0) is 49.9 Å². The number of carboxylic acids is 1. The number of carboxylic acid groups (broad SMARTS) is 1. The van der Waals surface area contributed by atoms with E-state index in [2.05, 4.69) is 6.92 Å². The zero-order valence-electron chi connectivity index (χ0n) is 21.0. The molecule has 1 aliphatic heterocycles. The van der Waals surface area contributed by atoms with Gasteiger partial charge in [0.05, 0.1) is 12.1 Å². The predicted octanol–water partition coefficient (Wildman–Crippen LogP) is 7.41. The minimum atomic E-state index is -0.947. The van der Waals surface area contributed by atoms with Crippen LogP contribution in [0, 0.1) is 6.92 Å². The fraction of sp³-hybridized carbons (Fsp3) is 0.188. The predicted molar refractivity (Wildman–Crippen MR) is 146 cm³/mol. The summed E-state index contributed by atoms with van der Waals surface area (Å²) in [5.74, 6) is 0.550. The molecule has 0 saturated heterocycles. The van der Waals surface area contributed by atoms with E-state index >= 15 is 0 Å². The van der Waals surface area contributed by atoms with Crippen LogP contribution in [0.5, 0.6) is 0 Å². The molecule has 5 rings (SSSR count). The number of ketones is 1. The Hall–Kier alpha value is -4.38. The van der Waals surface area contributed by atoms with Crippen molar-refractivity contribution in [3.63, 3.8) is 0 Å². The van der Waals surface area contributed by atoms with Crippen molar-refractivity contribution in [3.8, 4) is 11.3 Å². The molecule has 5 heteroatoms. The average Bonchev–Trinajstić information content (AvgIpc) is 3.24. The molecule has 0 bridgehead atoms. The first-order chi connectivity index (χ1) is 18.0. The fourth-order valence-corrected chi connectivity index (χ4v) is 5.00. The second kappa shape index (κ2) is 10.3. The molecule has 1 N–H and O–H groups in total. The summed E-state index contributed by atoms with van der Waals surface area (Å²) in [5, 5.41) is 9.66. The molecule has 186 valence electrons. The number of hydrogen-bond acceptors (Lipinski definition) is 4. The highest BCUT2D eigenvalue weighted by Gasteiger charge is 2.28. The maximum absolute atomic E-state index is 13.5. The molecule has 0 spiro atoms. The summed E-state index contributed by atoms with van der Waals surface area (Å²) < 4.78 is 6.58. The topological polar surface area (TPSA) is 70.8 Å². The lowest BCUT2D eigenvalue weighted by Gasteiger charge is -2.27. The van der Waals surface area contributed by atoms with Gasteiger partial charge in [-0.1, -0.05) is 73.7 Å². The number of hydrogen-bond donors (Lipinski definition) is 1. The van der Waals surface area contributed by atoms with Gasteiger partial charge in [-0.3, -0.25) is 4.79 Å². The SMILES string of the molecule is CCc1cc(N2CC(C(=O)c3ccccc3)=CCCc3c2oc(-c2ccccc2)c3C)ccc1C(=O)O. The molecule has 2 heterocycles. The van der Waals surface area contributed by atoms with Crippen LogP contribution in [0.15, 0.2) is 94.9 Å². The van der Waals surface area contributed by atoms with Gasteiger partial charge < -0.3 is 14.4 Å². The number of furan rings is 1. The first-order valence-corrected chi connectivity index (χ1v) is 12.6. The van der Waals surface area contributed by atoms with Gasteiger partial charge in [0.1, 0.15) is 5.76 Å². The van der Waals surface area contributed by atoms with Crippen LogP contribution in [0.25, 0.3) is 11.3 Å². The van der Waals surface area contributed by atoms with Crippen LogP contribution in [0.1, 0.15) is 50.8 Å². The molecule has 1 aromatic heterocycles. The van der Waals surface area contributed by atoms with Crippen LogP contribution < -0.4 is 4.90 Å². The van der Waals surface area contributed by atoms with Crippen molar-refractivity contribution in [1.29, 1.82) is 0 Å². The van der Waals surface area contributed by atoms with E-state index in [0.717, 1.165) is 46.5 Å². The number of aromatic carboxylic acids is 1. The maximum Gasteiger partial charge on any atom is 0.335 e. The second-order valence-electron chi connectivity index (χ2n) is 9.26. The fourth-order valence-electron chi connectivity index (χ4n) is 5.00. The zero-order valence-corrected chi connectivity index (χ0v) is 21.0. The Morgan fingerprint density at radius 3 is 2.35 bits per heavy atom. The van der Waals surface area contributed by atoms with E-state index in [1.807, 2.05) is 84.6 Å². The van der Waals surface area contributed by atoms with Crippen molar-refractivity contribution in [1.82, 2.24) is 0 Å². The maximum atomic E-state index is 13.5. The number of fused-ring (bicyclic) bond motifs is 1. The lowest BCUT2D eigenvalue weighted by atomic mass is 9.96. The van der Waals surface area contributed by atoms with Gasteiger partial charge in [-0.15, -0.1) is 0 Å². The summed E-state index contributed by atoms with van der Waals surface area (Å²) in [5.41, 5.74) is 6.33. The number of anilines is 2. The van der Waals surface area contributed by atoms with Crippen molar-refractivity contribution in [2.45, 2.75) is 33.1 Å². The molecule has 4 aromatic rings. The average molecular weight is 492 g/mol. The molecule has 0 amide bonds. The summed E-state index contributed by atoms with van der Waals surface area (Å²) in [6.45, 7) is 4.34. The Balaban J connectivity index is 1.65. The Labute approximate surface area is 216 Å².